The van der Waals surface area contributed by atoms with Gasteiger partial charge in [0.15, 0.2) is 6.61 Å². The molecule has 4 nitrogen and oxygen atoms in total. The lowest BCUT2D eigenvalue weighted by Gasteiger charge is -2.16. The summed E-state index contributed by atoms with van der Waals surface area (Å²) in [5, 5.41) is 2.87. The normalized spacial score (nSPS) is 10.6. The highest BCUT2D eigenvalue weighted by Crippen LogP contribution is 2.27. The van der Waals surface area contributed by atoms with E-state index in [1.807, 2.05) is 56.3 Å². The molecular weight excluding hydrogens is 314 g/mol. The third-order valence-electron chi connectivity index (χ3n) is 4.15. The van der Waals surface area contributed by atoms with Gasteiger partial charge in [-0.15, -0.1) is 0 Å². The largest absolute Gasteiger partial charge is 0.455 e. The minimum absolute atomic E-state index is 0.168. The van der Waals surface area contributed by atoms with E-state index in [1.165, 1.54) is 0 Å². The molecule has 0 saturated heterocycles. The molecule has 1 N–H and O–H groups in total. The lowest BCUT2D eigenvalue weighted by Crippen LogP contribution is -2.23. The van der Waals surface area contributed by atoms with Gasteiger partial charge in [-0.25, -0.2) is 0 Å². The number of amides is 1. The van der Waals surface area contributed by atoms with Crippen LogP contribution in [0, 0.1) is 13.8 Å². The van der Waals surface area contributed by atoms with Gasteiger partial charge in [-0.05, 0) is 42.0 Å². The summed E-state index contributed by atoms with van der Waals surface area (Å²) in [6, 6.07) is 13.6. The molecule has 132 valence electrons. The van der Waals surface area contributed by atoms with Crippen molar-refractivity contribution >= 4 is 17.6 Å². The number of carbonyl (C=O) groups excluding carboxylic acids is 2. The minimum atomic E-state index is -0.404. The molecule has 2 aromatic rings. The first-order chi connectivity index (χ1) is 11.9. The van der Waals surface area contributed by atoms with Crippen molar-refractivity contribution in [3.05, 3.63) is 64.7 Å². The Labute approximate surface area is 149 Å². The first-order valence-corrected chi connectivity index (χ1v) is 8.48. The van der Waals surface area contributed by atoms with Crippen LogP contribution in [-0.2, 0) is 20.7 Å². The Morgan fingerprint density at radius 1 is 1.00 bits per heavy atom. The molecule has 0 aromatic heterocycles. The van der Waals surface area contributed by atoms with Crippen molar-refractivity contribution in [1.82, 2.24) is 0 Å². The zero-order valence-electron chi connectivity index (χ0n) is 15.3. The number of aryl methyl sites for hydroxylation is 2. The highest BCUT2D eigenvalue weighted by Gasteiger charge is 2.14. The van der Waals surface area contributed by atoms with E-state index in [9.17, 15) is 9.59 Å². The molecule has 0 atom stereocenters. The van der Waals surface area contributed by atoms with Crippen LogP contribution >= 0.6 is 0 Å². The minimum Gasteiger partial charge on any atom is -0.455 e. The van der Waals surface area contributed by atoms with Crippen LogP contribution in [0.5, 0.6) is 0 Å². The van der Waals surface area contributed by atoms with E-state index in [-0.39, 0.29) is 18.9 Å². The fraction of sp³-hybridized carbons (Fsp3) is 0.333. The molecular formula is C21H25NO3. The number of esters is 1. The van der Waals surface area contributed by atoms with Crippen molar-refractivity contribution in [2.24, 2.45) is 0 Å². The van der Waals surface area contributed by atoms with Gasteiger partial charge in [-0.3, -0.25) is 9.59 Å². The summed E-state index contributed by atoms with van der Waals surface area (Å²) in [6.07, 6.45) is 0.168. The standard InChI is InChI=1S/C21H25NO3/c1-14(2)18-11-7-9-16(4)21(18)22-19(23)13-25-20(24)12-17-10-6-5-8-15(17)3/h5-11,14H,12-13H2,1-4H3,(H,22,23). The summed E-state index contributed by atoms with van der Waals surface area (Å²) in [5.74, 6) is -0.438. The Hall–Kier alpha value is -2.62. The number of nitrogens with one attached hydrogen (secondary N) is 1. The van der Waals surface area contributed by atoms with Crippen LogP contribution in [0.3, 0.4) is 0 Å². The molecule has 0 bridgehead atoms. The average Bonchev–Trinajstić information content (AvgIpc) is 2.56. The Balaban J connectivity index is 1.93. The number of para-hydroxylation sites is 1. The van der Waals surface area contributed by atoms with Crippen LogP contribution in [0.4, 0.5) is 5.69 Å². The van der Waals surface area contributed by atoms with Crippen LogP contribution in [0.25, 0.3) is 0 Å². The Morgan fingerprint density at radius 3 is 2.36 bits per heavy atom. The first kappa shape index (κ1) is 18.7. The summed E-state index contributed by atoms with van der Waals surface area (Å²) in [7, 11) is 0. The second kappa shape index (κ2) is 8.47. The molecule has 0 unspecified atom stereocenters. The molecule has 0 aliphatic rings. The summed E-state index contributed by atoms with van der Waals surface area (Å²) in [4.78, 5) is 24.1. The summed E-state index contributed by atoms with van der Waals surface area (Å²) >= 11 is 0. The summed E-state index contributed by atoms with van der Waals surface area (Å²) in [5.41, 5.74) is 4.81. The van der Waals surface area contributed by atoms with Crippen molar-refractivity contribution in [3.63, 3.8) is 0 Å². The predicted molar refractivity (Wildman–Crippen MR) is 99.7 cm³/mol. The average molecular weight is 339 g/mol. The van der Waals surface area contributed by atoms with Gasteiger partial charge in [0.2, 0.25) is 0 Å². The quantitative estimate of drug-likeness (QED) is 0.804. The Kier molecular flexibility index (Phi) is 6.34. The van der Waals surface area contributed by atoms with Gasteiger partial charge >= 0.3 is 5.97 Å². The molecule has 2 aromatic carbocycles. The molecule has 4 heteroatoms. The number of hydrogen-bond donors (Lipinski definition) is 1. The van der Waals surface area contributed by atoms with Gasteiger partial charge in [0, 0.05) is 5.69 Å². The highest BCUT2D eigenvalue weighted by atomic mass is 16.5. The maximum atomic E-state index is 12.2. The summed E-state index contributed by atoms with van der Waals surface area (Å²) < 4.78 is 5.12. The molecule has 0 radical (unpaired) electrons. The van der Waals surface area contributed by atoms with Crippen molar-refractivity contribution in [2.45, 2.75) is 40.0 Å². The molecule has 0 aliphatic heterocycles. The van der Waals surface area contributed by atoms with Crippen molar-refractivity contribution in [2.75, 3.05) is 11.9 Å². The van der Waals surface area contributed by atoms with E-state index >= 15 is 0 Å². The number of benzene rings is 2. The molecule has 0 aliphatic carbocycles. The van der Waals surface area contributed by atoms with Gasteiger partial charge in [0.25, 0.3) is 5.91 Å². The number of ether oxygens (including phenoxy) is 1. The van der Waals surface area contributed by atoms with E-state index in [4.69, 9.17) is 4.74 Å². The van der Waals surface area contributed by atoms with E-state index in [2.05, 4.69) is 19.2 Å². The molecule has 25 heavy (non-hydrogen) atoms. The molecule has 0 spiro atoms. The first-order valence-electron chi connectivity index (χ1n) is 8.48. The van der Waals surface area contributed by atoms with Gasteiger partial charge in [-0.2, -0.15) is 0 Å². The fourth-order valence-electron chi connectivity index (χ4n) is 2.68. The van der Waals surface area contributed by atoms with Gasteiger partial charge in [0.1, 0.15) is 0 Å². The van der Waals surface area contributed by atoms with Crippen LogP contribution in [0.15, 0.2) is 42.5 Å². The molecule has 0 heterocycles. The Morgan fingerprint density at radius 2 is 1.68 bits per heavy atom. The molecule has 0 fully saturated rings. The van der Waals surface area contributed by atoms with Gasteiger partial charge < -0.3 is 10.1 Å². The second-order valence-corrected chi connectivity index (χ2v) is 6.51. The van der Waals surface area contributed by atoms with Crippen LogP contribution in [0.1, 0.15) is 42.0 Å². The number of rotatable bonds is 6. The molecule has 2 rings (SSSR count). The third-order valence-corrected chi connectivity index (χ3v) is 4.15. The smallest absolute Gasteiger partial charge is 0.310 e. The predicted octanol–water partition coefficient (Wildman–Crippen LogP) is 4.15. The second-order valence-electron chi connectivity index (χ2n) is 6.51. The highest BCUT2D eigenvalue weighted by molar-refractivity contribution is 5.94. The van der Waals surface area contributed by atoms with Crippen LogP contribution < -0.4 is 5.32 Å². The fourth-order valence-corrected chi connectivity index (χ4v) is 2.68. The van der Waals surface area contributed by atoms with E-state index in [0.717, 1.165) is 27.9 Å². The van der Waals surface area contributed by atoms with Crippen molar-refractivity contribution in [3.8, 4) is 0 Å². The van der Waals surface area contributed by atoms with Crippen molar-refractivity contribution in [1.29, 1.82) is 0 Å². The van der Waals surface area contributed by atoms with E-state index in [0.29, 0.717) is 5.92 Å². The van der Waals surface area contributed by atoms with Gasteiger partial charge in [0.05, 0.1) is 6.42 Å². The zero-order chi connectivity index (χ0) is 18.4. The SMILES string of the molecule is Cc1ccccc1CC(=O)OCC(=O)Nc1c(C)cccc1C(C)C. The van der Waals surface area contributed by atoms with E-state index < -0.39 is 5.97 Å². The van der Waals surface area contributed by atoms with E-state index in [1.54, 1.807) is 0 Å². The summed E-state index contributed by atoms with van der Waals surface area (Å²) in [6.45, 7) is 7.77. The maximum absolute atomic E-state index is 12.2. The molecule has 1 amide bonds. The third kappa shape index (κ3) is 5.18. The maximum Gasteiger partial charge on any atom is 0.310 e. The van der Waals surface area contributed by atoms with Gasteiger partial charge in [-0.1, -0.05) is 56.3 Å². The number of anilines is 1. The topological polar surface area (TPSA) is 55.4 Å². The van der Waals surface area contributed by atoms with Crippen molar-refractivity contribution < 1.29 is 14.3 Å². The lowest BCUT2D eigenvalue weighted by molar-refractivity contribution is -0.146. The zero-order valence-corrected chi connectivity index (χ0v) is 15.3. The monoisotopic (exact) mass is 339 g/mol. The van der Waals surface area contributed by atoms with Crippen LogP contribution in [-0.4, -0.2) is 18.5 Å². The number of carbonyl (C=O) groups is 2. The molecule has 0 saturated carbocycles. The lowest BCUT2D eigenvalue weighted by atomic mass is 9.98. The Bertz CT molecular complexity index is 765. The van der Waals surface area contributed by atoms with Crippen LogP contribution in [0.2, 0.25) is 0 Å². The number of hydrogen-bond acceptors (Lipinski definition) is 3.